The Balaban J connectivity index is 3.00. The van der Waals surface area contributed by atoms with Gasteiger partial charge < -0.3 is 9.84 Å². The minimum absolute atomic E-state index is 0.235. The van der Waals surface area contributed by atoms with Gasteiger partial charge in [0.05, 0.1) is 15.6 Å². The van der Waals surface area contributed by atoms with Crippen molar-refractivity contribution in [1.29, 1.82) is 0 Å². The van der Waals surface area contributed by atoms with E-state index in [4.69, 9.17) is 4.74 Å². The van der Waals surface area contributed by atoms with Crippen molar-refractivity contribution in [2.75, 3.05) is 13.7 Å². The number of halogens is 2. The van der Waals surface area contributed by atoms with E-state index in [1.54, 1.807) is 7.11 Å². The number of aromatic hydroxyl groups is 1. The van der Waals surface area contributed by atoms with E-state index in [0.29, 0.717) is 21.5 Å². The van der Waals surface area contributed by atoms with Gasteiger partial charge in [0.1, 0.15) is 5.75 Å². The van der Waals surface area contributed by atoms with Crippen molar-refractivity contribution in [2.45, 2.75) is 12.8 Å². The zero-order chi connectivity index (χ0) is 10.7. The summed E-state index contributed by atoms with van der Waals surface area (Å²) in [6.07, 6.45) is 0. The highest BCUT2D eigenvalue weighted by Crippen LogP contribution is 2.35. The number of hydrogen-bond donors (Lipinski definition) is 1. The fraction of sp³-hybridized carbons (Fsp3) is 0.400. The predicted octanol–water partition coefficient (Wildman–Crippen LogP) is 3.67. The number of benzene rings is 1. The summed E-state index contributed by atoms with van der Waals surface area (Å²) in [5, 5.41) is 9.52. The zero-order valence-electron chi connectivity index (χ0n) is 8.05. The molecule has 0 radical (unpaired) electrons. The van der Waals surface area contributed by atoms with Crippen LogP contribution in [0.15, 0.2) is 21.1 Å². The molecule has 0 aliphatic heterocycles. The van der Waals surface area contributed by atoms with Crippen LogP contribution in [-0.2, 0) is 4.74 Å². The van der Waals surface area contributed by atoms with E-state index < -0.39 is 0 Å². The lowest BCUT2D eigenvalue weighted by Gasteiger charge is -2.12. The van der Waals surface area contributed by atoms with E-state index in [1.165, 1.54) is 0 Å². The Morgan fingerprint density at radius 3 is 2.29 bits per heavy atom. The summed E-state index contributed by atoms with van der Waals surface area (Å²) in [4.78, 5) is 0. The maximum atomic E-state index is 9.52. The van der Waals surface area contributed by atoms with Crippen LogP contribution in [-0.4, -0.2) is 18.8 Å². The fourth-order valence-electron chi connectivity index (χ4n) is 1.22. The molecule has 0 spiro atoms. The standard InChI is InChI=1S/C10H12Br2O2/c1-6(5-14-2)7-3-8(11)10(13)9(12)4-7/h3-4,6,13H,5H2,1-2H3. The minimum Gasteiger partial charge on any atom is -0.506 e. The van der Waals surface area contributed by atoms with Gasteiger partial charge in [-0.2, -0.15) is 0 Å². The van der Waals surface area contributed by atoms with Crippen LogP contribution in [0.3, 0.4) is 0 Å². The molecule has 0 fully saturated rings. The predicted molar refractivity (Wildman–Crippen MR) is 63.8 cm³/mol. The molecule has 1 unspecified atom stereocenters. The summed E-state index contributed by atoms with van der Waals surface area (Å²) >= 11 is 6.59. The molecule has 0 aliphatic carbocycles. The molecule has 4 heteroatoms. The second-order valence-electron chi connectivity index (χ2n) is 3.19. The molecule has 1 atom stereocenters. The summed E-state index contributed by atoms with van der Waals surface area (Å²) in [5.74, 6) is 0.548. The van der Waals surface area contributed by atoms with Crippen LogP contribution in [0.1, 0.15) is 18.4 Å². The van der Waals surface area contributed by atoms with Crippen LogP contribution in [0.5, 0.6) is 5.75 Å². The Kier molecular flexibility index (Phi) is 4.41. The zero-order valence-corrected chi connectivity index (χ0v) is 11.2. The molecule has 0 saturated carbocycles. The van der Waals surface area contributed by atoms with E-state index in [0.717, 1.165) is 5.56 Å². The lowest BCUT2D eigenvalue weighted by Crippen LogP contribution is -2.01. The number of rotatable bonds is 3. The van der Waals surface area contributed by atoms with Crippen molar-refractivity contribution in [3.05, 3.63) is 26.6 Å². The summed E-state index contributed by atoms with van der Waals surface area (Å²) in [6.45, 7) is 2.75. The van der Waals surface area contributed by atoms with Crippen LogP contribution < -0.4 is 0 Å². The van der Waals surface area contributed by atoms with Crippen LogP contribution in [0, 0.1) is 0 Å². The maximum Gasteiger partial charge on any atom is 0.143 e. The van der Waals surface area contributed by atoms with Crippen LogP contribution in [0.25, 0.3) is 0 Å². The highest BCUT2D eigenvalue weighted by molar-refractivity contribution is 9.11. The molecule has 1 aromatic carbocycles. The Labute approximate surface area is 101 Å². The third kappa shape index (κ3) is 2.72. The minimum atomic E-state index is 0.235. The fourth-order valence-corrected chi connectivity index (χ4v) is 2.44. The average Bonchev–Trinajstić information content (AvgIpc) is 2.13. The smallest absolute Gasteiger partial charge is 0.143 e. The van der Waals surface area contributed by atoms with Crippen molar-refractivity contribution in [1.82, 2.24) is 0 Å². The lowest BCUT2D eigenvalue weighted by atomic mass is 10.0. The van der Waals surface area contributed by atoms with Gasteiger partial charge in [0.15, 0.2) is 0 Å². The molecule has 1 aromatic rings. The molecule has 1 rings (SSSR count). The maximum absolute atomic E-state index is 9.52. The number of methoxy groups -OCH3 is 1. The normalized spacial score (nSPS) is 12.9. The van der Waals surface area contributed by atoms with Gasteiger partial charge in [-0.15, -0.1) is 0 Å². The first-order valence-corrected chi connectivity index (χ1v) is 5.81. The largest absolute Gasteiger partial charge is 0.506 e. The van der Waals surface area contributed by atoms with E-state index in [1.807, 2.05) is 12.1 Å². The highest BCUT2D eigenvalue weighted by Gasteiger charge is 2.10. The Hall–Kier alpha value is -0.0600. The summed E-state index contributed by atoms with van der Waals surface area (Å²) in [6, 6.07) is 3.81. The Morgan fingerprint density at radius 2 is 1.86 bits per heavy atom. The molecule has 0 aliphatic rings. The molecule has 14 heavy (non-hydrogen) atoms. The number of phenols is 1. The molecular formula is C10H12Br2O2. The van der Waals surface area contributed by atoms with Gasteiger partial charge in [-0.3, -0.25) is 0 Å². The van der Waals surface area contributed by atoms with E-state index in [9.17, 15) is 5.11 Å². The molecule has 0 heterocycles. The quantitative estimate of drug-likeness (QED) is 0.919. The third-order valence-corrected chi connectivity index (χ3v) is 3.23. The van der Waals surface area contributed by atoms with Gasteiger partial charge in [0, 0.05) is 13.0 Å². The number of phenolic OH excluding ortho intramolecular Hbond substituents is 1. The molecule has 0 saturated heterocycles. The van der Waals surface area contributed by atoms with Gasteiger partial charge in [-0.1, -0.05) is 6.92 Å². The Bertz CT molecular complexity index is 303. The molecule has 2 nitrogen and oxygen atoms in total. The van der Waals surface area contributed by atoms with Crippen LogP contribution in [0.4, 0.5) is 0 Å². The van der Waals surface area contributed by atoms with Crippen molar-refractivity contribution in [3.8, 4) is 5.75 Å². The molecule has 0 bridgehead atoms. The number of ether oxygens (including phenoxy) is 1. The van der Waals surface area contributed by atoms with Gasteiger partial charge in [0.2, 0.25) is 0 Å². The SMILES string of the molecule is COCC(C)c1cc(Br)c(O)c(Br)c1. The van der Waals surface area contributed by atoms with E-state index in [-0.39, 0.29) is 5.75 Å². The van der Waals surface area contributed by atoms with Gasteiger partial charge in [0.25, 0.3) is 0 Å². The topological polar surface area (TPSA) is 29.5 Å². The summed E-state index contributed by atoms with van der Waals surface area (Å²) in [5.41, 5.74) is 1.13. The second-order valence-corrected chi connectivity index (χ2v) is 4.90. The molecule has 0 amide bonds. The van der Waals surface area contributed by atoms with Gasteiger partial charge in [-0.05, 0) is 49.6 Å². The molecule has 78 valence electrons. The molecular weight excluding hydrogens is 312 g/mol. The first-order valence-electron chi connectivity index (χ1n) is 4.23. The van der Waals surface area contributed by atoms with E-state index in [2.05, 4.69) is 38.8 Å². The van der Waals surface area contributed by atoms with Gasteiger partial charge in [-0.25, -0.2) is 0 Å². The van der Waals surface area contributed by atoms with E-state index >= 15 is 0 Å². The molecule has 0 aromatic heterocycles. The summed E-state index contributed by atoms with van der Waals surface area (Å²) < 4.78 is 6.47. The highest BCUT2D eigenvalue weighted by atomic mass is 79.9. The van der Waals surface area contributed by atoms with Crippen molar-refractivity contribution >= 4 is 31.9 Å². The van der Waals surface area contributed by atoms with Crippen molar-refractivity contribution < 1.29 is 9.84 Å². The third-order valence-electron chi connectivity index (χ3n) is 2.02. The first-order chi connectivity index (χ1) is 6.56. The van der Waals surface area contributed by atoms with Crippen molar-refractivity contribution in [2.24, 2.45) is 0 Å². The van der Waals surface area contributed by atoms with Crippen LogP contribution >= 0.6 is 31.9 Å². The van der Waals surface area contributed by atoms with Gasteiger partial charge >= 0.3 is 0 Å². The lowest BCUT2D eigenvalue weighted by molar-refractivity contribution is 0.184. The van der Waals surface area contributed by atoms with Crippen LogP contribution in [0.2, 0.25) is 0 Å². The van der Waals surface area contributed by atoms with Crippen molar-refractivity contribution in [3.63, 3.8) is 0 Å². The second kappa shape index (κ2) is 5.14. The first kappa shape index (κ1) is 12.0. The summed E-state index contributed by atoms with van der Waals surface area (Å²) in [7, 11) is 1.68. The monoisotopic (exact) mass is 322 g/mol. The average molecular weight is 324 g/mol. The molecule has 1 N–H and O–H groups in total. The Morgan fingerprint density at radius 1 is 1.36 bits per heavy atom. The number of hydrogen-bond acceptors (Lipinski definition) is 2.